The summed E-state index contributed by atoms with van der Waals surface area (Å²) in [4.78, 5) is 18.1. The van der Waals surface area contributed by atoms with Crippen molar-refractivity contribution in [3.05, 3.63) is 36.4 Å². The van der Waals surface area contributed by atoms with Crippen LogP contribution >= 0.6 is 45.3 Å². The molecular weight excluding hydrogens is 878 g/mol. The van der Waals surface area contributed by atoms with Gasteiger partial charge < -0.3 is 0 Å². The van der Waals surface area contributed by atoms with Crippen LogP contribution in [0, 0.1) is 0 Å². The average Bonchev–Trinajstić information content (AvgIpc) is 3.84. The van der Waals surface area contributed by atoms with E-state index in [4.69, 9.17) is 9.47 Å². The molecule has 0 saturated carbocycles. The zero-order valence-electron chi connectivity index (χ0n) is 30.8. The number of thiophene rings is 4. The van der Waals surface area contributed by atoms with Gasteiger partial charge in [-0.1, -0.05) is 52.4 Å². The number of hydrogen-bond donors (Lipinski definition) is 0. The molecule has 0 saturated heterocycles. The molecule has 8 heteroatoms. The van der Waals surface area contributed by atoms with Crippen molar-refractivity contribution >= 4 is 108 Å². The van der Waals surface area contributed by atoms with Crippen molar-refractivity contribution in [1.82, 2.24) is 0 Å². The van der Waals surface area contributed by atoms with Gasteiger partial charge in [-0.25, -0.2) is 0 Å². The Balaban J connectivity index is 1.52. The quantitative estimate of drug-likeness (QED) is 0.0572. The molecule has 0 aliphatic heterocycles. The zero-order valence-corrected chi connectivity index (χ0v) is 39.8. The van der Waals surface area contributed by atoms with Crippen LogP contribution < -0.4 is 15.3 Å². The molecule has 0 bridgehead atoms. The van der Waals surface area contributed by atoms with E-state index in [9.17, 15) is 0 Å². The molecule has 1 aromatic carbocycles. The van der Waals surface area contributed by atoms with Gasteiger partial charge in [0.15, 0.2) is 0 Å². The number of ether oxygens (including phenoxy) is 2. The molecule has 0 spiro atoms. The van der Waals surface area contributed by atoms with Crippen LogP contribution in [0.2, 0.25) is 29.6 Å². The summed E-state index contributed by atoms with van der Waals surface area (Å²) < 4.78 is 19.0. The Morgan fingerprint density at radius 1 is 0.479 bits per heavy atom. The van der Waals surface area contributed by atoms with Crippen molar-refractivity contribution in [3.63, 3.8) is 0 Å². The molecule has 0 N–H and O–H groups in total. The molecule has 0 unspecified atom stereocenters. The minimum atomic E-state index is -2.35. The van der Waals surface area contributed by atoms with E-state index in [0.29, 0.717) is 0 Å². The van der Waals surface area contributed by atoms with Crippen molar-refractivity contribution in [2.45, 2.75) is 121 Å². The molecule has 2 nitrogen and oxygen atoms in total. The monoisotopic (exact) mass is 938 g/mol. The van der Waals surface area contributed by atoms with Crippen LogP contribution in [0.15, 0.2) is 36.4 Å². The molecule has 48 heavy (non-hydrogen) atoms. The Hall–Kier alpha value is -0.263. The Bertz CT molecular complexity index is 1560. The van der Waals surface area contributed by atoms with Gasteiger partial charge in [0.2, 0.25) is 0 Å². The van der Waals surface area contributed by atoms with E-state index < -0.39 is 36.8 Å². The van der Waals surface area contributed by atoms with Crippen LogP contribution in [0.4, 0.5) is 0 Å². The summed E-state index contributed by atoms with van der Waals surface area (Å²) in [5.41, 5.74) is 2.90. The number of unbranched alkanes of at least 4 members (excludes halogenated alkanes) is 10. The fraction of sp³-hybridized carbons (Fsp3) is 0.550. The van der Waals surface area contributed by atoms with Gasteiger partial charge in [-0.05, 0) is 0 Å². The van der Waals surface area contributed by atoms with Crippen LogP contribution in [0.1, 0.15) is 90.9 Å². The first-order valence-corrected chi connectivity index (χ1v) is 41.8. The van der Waals surface area contributed by atoms with Gasteiger partial charge in [0.1, 0.15) is 0 Å². The van der Waals surface area contributed by atoms with Crippen molar-refractivity contribution in [2.24, 2.45) is 0 Å². The molecule has 4 aromatic heterocycles. The van der Waals surface area contributed by atoms with E-state index in [-0.39, 0.29) is 0 Å². The summed E-state index contributed by atoms with van der Waals surface area (Å²) in [5, 5.41) is 5.03. The van der Waals surface area contributed by atoms with E-state index in [1.165, 1.54) is 105 Å². The molecule has 262 valence electrons. The average molecular weight is 937 g/mol. The molecular formula is C40H58O2S4Sn2. The minimum absolute atomic E-state index is 0.820. The summed E-state index contributed by atoms with van der Waals surface area (Å²) in [6.07, 6.45) is 15.5. The normalized spacial score (nSPS) is 12.5. The summed E-state index contributed by atoms with van der Waals surface area (Å²) >= 11 is 3.18. The van der Waals surface area contributed by atoms with Gasteiger partial charge >= 0.3 is 266 Å². The first-order valence-electron chi connectivity index (χ1n) is 18.5. The molecule has 5 aromatic rings. The van der Waals surface area contributed by atoms with Gasteiger partial charge in [-0.2, -0.15) is 0 Å². The van der Waals surface area contributed by atoms with Gasteiger partial charge in [-0.15, -0.1) is 0 Å². The second-order valence-corrected chi connectivity index (χ2v) is 50.5. The number of rotatable bonds is 20. The molecule has 0 aliphatic carbocycles. The third-order valence-corrected chi connectivity index (χ3v) is 32.3. The van der Waals surface area contributed by atoms with Crippen molar-refractivity contribution < 1.29 is 9.47 Å². The number of fused-ring (bicyclic) bond motifs is 2. The van der Waals surface area contributed by atoms with Gasteiger partial charge in [0.05, 0.1) is 0 Å². The van der Waals surface area contributed by atoms with E-state index in [2.05, 4.69) is 103 Å². The number of benzene rings is 1. The molecule has 0 aliphatic rings. The van der Waals surface area contributed by atoms with Gasteiger partial charge in [0.25, 0.3) is 0 Å². The third-order valence-electron chi connectivity index (χ3n) is 9.08. The Labute approximate surface area is 315 Å². The van der Waals surface area contributed by atoms with Gasteiger partial charge in [0, 0.05) is 0 Å². The maximum atomic E-state index is 6.35. The predicted octanol–water partition coefficient (Wildman–Crippen LogP) is 14.1. The van der Waals surface area contributed by atoms with Crippen molar-refractivity contribution in [3.8, 4) is 31.0 Å². The fourth-order valence-electron chi connectivity index (χ4n) is 6.17. The molecule has 0 amide bonds. The second kappa shape index (κ2) is 18.0. The predicted molar refractivity (Wildman–Crippen MR) is 228 cm³/mol. The van der Waals surface area contributed by atoms with Crippen LogP contribution in [-0.2, 0) is 0 Å². The fourth-order valence-corrected chi connectivity index (χ4v) is 21.1. The SMILES string of the molecule is CCCCCCCCOc1ccc(-c2c3c[c]([Sn]([CH3])([CH3])[CH3])sc3c(-c3ccc(OCCCCCCCC)s3)c3c[c]([Sn]([CH3])([CH3])[CH3])sc23)s1. The standard InChI is InChI=1S/C34H40O2S4.6CH3.2Sn/c1-3-5-7-9-11-13-21-35-29-17-15-27(39-29)31-25-19-23-38-34(25)32(26-20-24-37-33(26)31)28-16-18-30(40-28)36-22-14-12-10-8-6-4-2;;;;;;;;/h15-20H,3-14,21-22H2,1-2H3;6*1H3;;. The van der Waals surface area contributed by atoms with Crippen molar-refractivity contribution in [2.75, 3.05) is 13.2 Å². The first kappa shape index (κ1) is 39.0. The van der Waals surface area contributed by atoms with Crippen LogP contribution in [0.5, 0.6) is 10.1 Å². The second-order valence-electron chi connectivity index (χ2n) is 15.4. The van der Waals surface area contributed by atoms with E-state index in [1.807, 2.05) is 22.7 Å². The first-order chi connectivity index (χ1) is 23.0. The Morgan fingerprint density at radius 2 is 0.854 bits per heavy atom. The van der Waals surface area contributed by atoms with E-state index >= 15 is 0 Å². The van der Waals surface area contributed by atoms with Crippen LogP contribution in [-0.4, -0.2) is 50.0 Å². The van der Waals surface area contributed by atoms with Gasteiger partial charge in [-0.3, -0.25) is 0 Å². The molecule has 0 radical (unpaired) electrons. The van der Waals surface area contributed by atoms with Crippen LogP contribution in [0.3, 0.4) is 0 Å². The van der Waals surface area contributed by atoms with E-state index in [1.54, 1.807) is 5.79 Å². The van der Waals surface area contributed by atoms with E-state index in [0.717, 1.165) is 36.2 Å². The molecule has 4 heterocycles. The summed E-state index contributed by atoms with van der Waals surface area (Å²) in [6.45, 7) is 6.20. The number of hydrogen-bond acceptors (Lipinski definition) is 6. The molecule has 0 atom stereocenters. The molecule has 5 rings (SSSR count). The zero-order chi connectivity index (χ0) is 34.3. The Morgan fingerprint density at radius 3 is 1.23 bits per heavy atom. The topological polar surface area (TPSA) is 18.5 Å². The third kappa shape index (κ3) is 9.99. The van der Waals surface area contributed by atoms with Crippen LogP contribution in [0.25, 0.3) is 41.1 Å². The molecule has 0 fully saturated rings. The Kier molecular flexibility index (Phi) is 14.6. The summed E-state index contributed by atoms with van der Waals surface area (Å²) in [5.74, 6) is 0. The summed E-state index contributed by atoms with van der Waals surface area (Å²) in [7, 11) is 0. The maximum absolute atomic E-state index is 6.35. The van der Waals surface area contributed by atoms with Crippen molar-refractivity contribution in [1.29, 1.82) is 0 Å². The summed E-state index contributed by atoms with van der Waals surface area (Å²) in [6, 6.07) is 14.3.